The maximum Gasteiger partial charge on any atom is 0.321 e. The van der Waals surface area contributed by atoms with E-state index in [1.54, 1.807) is 24.0 Å². The van der Waals surface area contributed by atoms with E-state index < -0.39 is 17.9 Å². The Hall–Kier alpha value is -3.64. The van der Waals surface area contributed by atoms with Crippen molar-refractivity contribution in [2.75, 3.05) is 11.5 Å². The molecule has 1 aromatic heterocycles. The molecular formula is C26H22ClN3O3. The molecular weight excluding hydrogens is 438 g/mol. The summed E-state index contributed by atoms with van der Waals surface area (Å²) in [5, 5.41) is 0.579. The van der Waals surface area contributed by atoms with Crippen LogP contribution in [-0.2, 0) is 20.9 Å². The second-order valence-corrected chi connectivity index (χ2v) is 8.34. The molecule has 2 atom stereocenters. The normalized spacial score (nSPS) is 17.8. The number of nitrogens with zero attached hydrogens (tertiary/aromatic N) is 3. The first-order valence-electron chi connectivity index (χ1n) is 10.8. The number of imidazole rings is 1. The lowest BCUT2D eigenvalue weighted by atomic mass is 9.89. The number of amides is 1. The molecule has 33 heavy (non-hydrogen) atoms. The molecule has 2 unspecified atom stereocenters. The van der Waals surface area contributed by atoms with Gasteiger partial charge in [0.15, 0.2) is 5.92 Å². The van der Waals surface area contributed by atoms with Gasteiger partial charge in [-0.15, -0.1) is 0 Å². The van der Waals surface area contributed by atoms with Crippen molar-refractivity contribution in [1.29, 1.82) is 0 Å². The summed E-state index contributed by atoms with van der Waals surface area (Å²) in [6.45, 7) is 2.22. The minimum atomic E-state index is -1.06. The zero-order chi connectivity index (χ0) is 22.9. The summed E-state index contributed by atoms with van der Waals surface area (Å²) in [7, 11) is 0. The van der Waals surface area contributed by atoms with E-state index in [9.17, 15) is 9.59 Å². The van der Waals surface area contributed by atoms with Crippen LogP contribution in [0, 0.1) is 5.92 Å². The minimum Gasteiger partial charge on any atom is -0.465 e. The number of hydrogen-bond donors (Lipinski definition) is 0. The lowest BCUT2D eigenvalue weighted by molar-refractivity contribution is -0.153. The smallest absolute Gasteiger partial charge is 0.321 e. The molecule has 0 saturated carbocycles. The van der Waals surface area contributed by atoms with Crippen LogP contribution in [0.25, 0.3) is 11.0 Å². The molecule has 3 aromatic carbocycles. The number of esters is 1. The molecule has 7 heteroatoms. The molecule has 0 saturated heterocycles. The molecule has 0 spiro atoms. The SMILES string of the molecule is CCOC(=O)C1C(=O)N(Cc2ccccc2)c2nc3ccccc3n2C1c1ccc(Cl)cc1. The van der Waals surface area contributed by atoms with Gasteiger partial charge in [-0.2, -0.15) is 0 Å². The molecule has 1 amide bonds. The topological polar surface area (TPSA) is 64.4 Å². The molecule has 166 valence electrons. The highest BCUT2D eigenvalue weighted by Crippen LogP contribution is 2.42. The molecule has 0 aliphatic carbocycles. The Bertz CT molecular complexity index is 1320. The second kappa shape index (κ2) is 8.71. The second-order valence-electron chi connectivity index (χ2n) is 7.91. The number of hydrogen-bond acceptors (Lipinski definition) is 4. The Morgan fingerprint density at radius 2 is 1.70 bits per heavy atom. The molecule has 0 fully saturated rings. The van der Waals surface area contributed by atoms with Crippen LogP contribution in [0.2, 0.25) is 5.02 Å². The van der Waals surface area contributed by atoms with E-state index in [1.165, 1.54) is 0 Å². The van der Waals surface area contributed by atoms with E-state index in [0.717, 1.165) is 22.2 Å². The first kappa shape index (κ1) is 21.2. The van der Waals surface area contributed by atoms with Crippen LogP contribution in [0.3, 0.4) is 0 Å². The summed E-state index contributed by atoms with van der Waals surface area (Å²) in [5.41, 5.74) is 3.32. The number of ether oxygens (including phenoxy) is 1. The molecule has 0 N–H and O–H groups in total. The van der Waals surface area contributed by atoms with Crippen molar-refractivity contribution >= 4 is 40.5 Å². The van der Waals surface area contributed by atoms with Crippen LogP contribution in [-0.4, -0.2) is 28.0 Å². The highest BCUT2D eigenvalue weighted by atomic mass is 35.5. The van der Waals surface area contributed by atoms with Gasteiger partial charge in [0.25, 0.3) is 0 Å². The van der Waals surface area contributed by atoms with Crippen molar-refractivity contribution in [3.05, 3.63) is 95.0 Å². The van der Waals surface area contributed by atoms with Crippen molar-refractivity contribution in [3.8, 4) is 0 Å². The van der Waals surface area contributed by atoms with E-state index in [0.29, 0.717) is 17.5 Å². The van der Waals surface area contributed by atoms with Crippen LogP contribution in [0.4, 0.5) is 5.95 Å². The van der Waals surface area contributed by atoms with Gasteiger partial charge < -0.3 is 9.30 Å². The van der Waals surface area contributed by atoms with Gasteiger partial charge in [0, 0.05) is 5.02 Å². The average Bonchev–Trinajstić information content (AvgIpc) is 3.21. The molecule has 1 aliphatic rings. The number of carbonyl (C=O) groups is 2. The Balaban J connectivity index is 1.75. The van der Waals surface area contributed by atoms with Gasteiger partial charge in [-0.05, 0) is 42.3 Å². The Morgan fingerprint density at radius 1 is 1.00 bits per heavy atom. The van der Waals surface area contributed by atoms with E-state index in [2.05, 4.69) is 0 Å². The van der Waals surface area contributed by atoms with Crippen LogP contribution < -0.4 is 4.90 Å². The fourth-order valence-corrected chi connectivity index (χ4v) is 4.55. The first-order valence-corrected chi connectivity index (χ1v) is 11.2. The maximum atomic E-state index is 13.9. The lowest BCUT2D eigenvalue weighted by Crippen LogP contribution is -2.49. The zero-order valence-corrected chi connectivity index (χ0v) is 18.8. The summed E-state index contributed by atoms with van der Waals surface area (Å²) in [6.07, 6.45) is 0. The predicted octanol–water partition coefficient (Wildman–Crippen LogP) is 5.01. The number of halogens is 1. The van der Waals surface area contributed by atoms with Gasteiger partial charge in [-0.1, -0.05) is 66.2 Å². The standard InChI is InChI=1S/C26H22ClN3O3/c1-2-33-25(32)22-23(18-12-14-19(27)15-13-18)30-21-11-7-6-10-20(21)28-26(30)29(24(22)31)16-17-8-4-3-5-9-17/h3-15,22-23H,2,16H2,1H3. The van der Waals surface area contributed by atoms with E-state index in [1.807, 2.05) is 71.3 Å². The summed E-state index contributed by atoms with van der Waals surface area (Å²) in [6, 6.07) is 24.0. The molecule has 0 bridgehead atoms. The number of carbonyl (C=O) groups excluding carboxylic acids is 2. The summed E-state index contributed by atoms with van der Waals surface area (Å²) in [5.74, 6) is -1.44. The zero-order valence-electron chi connectivity index (χ0n) is 18.0. The fraction of sp³-hybridized carbons (Fsp3) is 0.192. The highest BCUT2D eigenvalue weighted by molar-refractivity contribution is 6.30. The van der Waals surface area contributed by atoms with Crippen LogP contribution >= 0.6 is 11.6 Å². The fourth-order valence-electron chi connectivity index (χ4n) is 4.42. The average molecular weight is 460 g/mol. The summed E-state index contributed by atoms with van der Waals surface area (Å²) >= 11 is 6.13. The van der Waals surface area contributed by atoms with Gasteiger partial charge in [0.05, 0.1) is 30.2 Å². The number of benzene rings is 3. The summed E-state index contributed by atoms with van der Waals surface area (Å²) in [4.78, 5) is 33.5. The van der Waals surface area contributed by atoms with E-state index in [-0.39, 0.29) is 12.5 Å². The quantitative estimate of drug-likeness (QED) is 0.311. The van der Waals surface area contributed by atoms with Crippen LogP contribution in [0.1, 0.15) is 24.1 Å². The molecule has 0 radical (unpaired) electrons. The molecule has 4 aromatic rings. The van der Waals surface area contributed by atoms with Gasteiger partial charge in [0.2, 0.25) is 11.9 Å². The molecule has 6 nitrogen and oxygen atoms in total. The van der Waals surface area contributed by atoms with Gasteiger partial charge >= 0.3 is 5.97 Å². The van der Waals surface area contributed by atoms with Crippen molar-refractivity contribution in [1.82, 2.24) is 9.55 Å². The minimum absolute atomic E-state index is 0.187. The number of anilines is 1. The Morgan fingerprint density at radius 3 is 2.42 bits per heavy atom. The van der Waals surface area contributed by atoms with E-state index >= 15 is 0 Å². The first-order chi connectivity index (χ1) is 16.1. The monoisotopic (exact) mass is 459 g/mol. The lowest BCUT2D eigenvalue weighted by Gasteiger charge is -2.38. The maximum absolute atomic E-state index is 13.9. The highest BCUT2D eigenvalue weighted by Gasteiger charge is 2.47. The van der Waals surface area contributed by atoms with Gasteiger partial charge in [0.1, 0.15) is 0 Å². The predicted molar refractivity (Wildman–Crippen MR) is 127 cm³/mol. The Kier molecular flexibility index (Phi) is 5.60. The van der Waals surface area contributed by atoms with Crippen molar-refractivity contribution in [2.24, 2.45) is 5.92 Å². The number of rotatable bonds is 5. The Labute approximate surface area is 196 Å². The third-order valence-corrected chi connectivity index (χ3v) is 6.13. The largest absolute Gasteiger partial charge is 0.465 e. The van der Waals surface area contributed by atoms with E-state index in [4.69, 9.17) is 21.3 Å². The molecule has 1 aliphatic heterocycles. The summed E-state index contributed by atoms with van der Waals surface area (Å²) < 4.78 is 7.36. The van der Waals surface area contributed by atoms with Crippen LogP contribution in [0.15, 0.2) is 78.9 Å². The van der Waals surface area contributed by atoms with Crippen molar-refractivity contribution in [2.45, 2.75) is 19.5 Å². The number of aromatic nitrogens is 2. The third kappa shape index (κ3) is 3.76. The van der Waals surface area contributed by atoms with Crippen LogP contribution in [0.5, 0.6) is 0 Å². The number of para-hydroxylation sites is 2. The van der Waals surface area contributed by atoms with Gasteiger partial charge in [-0.25, -0.2) is 4.98 Å². The van der Waals surface area contributed by atoms with Crippen molar-refractivity contribution < 1.29 is 14.3 Å². The van der Waals surface area contributed by atoms with Gasteiger partial charge in [-0.3, -0.25) is 14.5 Å². The molecule has 5 rings (SSSR count). The number of fused-ring (bicyclic) bond motifs is 3. The molecule has 2 heterocycles. The third-order valence-electron chi connectivity index (χ3n) is 5.88. The van der Waals surface area contributed by atoms with Crippen molar-refractivity contribution in [3.63, 3.8) is 0 Å².